The molecule has 0 fully saturated rings. The van der Waals surface area contributed by atoms with E-state index in [2.05, 4.69) is 38.1 Å². The summed E-state index contributed by atoms with van der Waals surface area (Å²) in [7, 11) is 0. The van der Waals surface area contributed by atoms with Crippen LogP contribution >= 0.6 is 0 Å². The van der Waals surface area contributed by atoms with Crippen molar-refractivity contribution >= 4 is 0 Å². The van der Waals surface area contributed by atoms with E-state index < -0.39 is 0 Å². The number of aryl methyl sites for hydroxylation is 1. The van der Waals surface area contributed by atoms with Crippen molar-refractivity contribution in [2.75, 3.05) is 6.61 Å². The smallest absolute Gasteiger partial charge is 0.119 e. The minimum absolute atomic E-state index is 0.864. The van der Waals surface area contributed by atoms with Crippen LogP contribution in [-0.4, -0.2) is 6.61 Å². The molecular weight excluding hydrogens is 280 g/mol. The normalized spacial score (nSPS) is 10.9. The number of hydrogen-bond acceptors (Lipinski definition) is 1. The lowest BCUT2D eigenvalue weighted by molar-refractivity contribution is 0.304. The van der Waals surface area contributed by atoms with Crippen LogP contribution in [0.5, 0.6) is 5.75 Å². The van der Waals surface area contributed by atoms with Crippen molar-refractivity contribution in [2.24, 2.45) is 0 Å². The number of unbranched alkanes of at least 4 members (excludes halogenated alkanes) is 10. The largest absolute Gasteiger partial charge is 0.494 e. The molecule has 1 nitrogen and oxygen atoms in total. The van der Waals surface area contributed by atoms with Crippen molar-refractivity contribution in [3.8, 4) is 5.75 Å². The van der Waals surface area contributed by atoms with Gasteiger partial charge in [0, 0.05) is 0 Å². The van der Waals surface area contributed by atoms with E-state index in [0.29, 0.717) is 0 Å². The summed E-state index contributed by atoms with van der Waals surface area (Å²) in [5.74, 6) is 1.03. The summed E-state index contributed by atoms with van der Waals surface area (Å²) in [5, 5.41) is 0. The Balaban J connectivity index is 2.04. The Bertz CT molecular complexity index is 355. The van der Waals surface area contributed by atoms with Gasteiger partial charge in [-0.25, -0.2) is 0 Å². The topological polar surface area (TPSA) is 9.23 Å². The van der Waals surface area contributed by atoms with Gasteiger partial charge in [0.1, 0.15) is 5.75 Å². The molecule has 0 unspecified atom stereocenters. The van der Waals surface area contributed by atoms with Crippen LogP contribution in [0.2, 0.25) is 0 Å². The molecule has 1 rings (SSSR count). The van der Waals surface area contributed by atoms with Gasteiger partial charge in [0.05, 0.1) is 6.61 Å². The van der Waals surface area contributed by atoms with E-state index in [9.17, 15) is 0 Å². The average molecular weight is 319 g/mol. The number of rotatable bonds is 15. The molecule has 0 aliphatic carbocycles. The van der Waals surface area contributed by atoms with Crippen LogP contribution in [0.15, 0.2) is 24.3 Å². The highest BCUT2D eigenvalue weighted by Crippen LogP contribution is 2.16. The van der Waals surface area contributed by atoms with Crippen molar-refractivity contribution in [1.82, 2.24) is 0 Å². The molecule has 0 saturated heterocycles. The van der Waals surface area contributed by atoms with Gasteiger partial charge in [0.2, 0.25) is 0 Å². The molecule has 0 bridgehead atoms. The highest BCUT2D eigenvalue weighted by Gasteiger charge is 1.97. The first kappa shape index (κ1) is 20.1. The molecule has 1 aromatic carbocycles. The summed E-state index contributed by atoms with van der Waals surface area (Å²) in [6.45, 7) is 5.40. The maximum Gasteiger partial charge on any atom is 0.119 e. The zero-order valence-corrected chi connectivity index (χ0v) is 15.6. The van der Waals surface area contributed by atoms with E-state index in [0.717, 1.165) is 12.4 Å². The van der Waals surface area contributed by atoms with Crippen LogP contribution in [-0.2, 0) is 6.42 Å². The molecule has 0 aliphatic heterocycles. The van der Waals surface area contributed by atoms with Crippen LogP contribution in [0.3, 0.4) is 0 Å². The predicted octanol–water partition coefficient (Wildman–Crippen LogP) is 7.33. The maximum absolute atomic E-state index is 5.84. The summed E-state index contributed by atoms with van der Waals surface area (Å²) in [6, 6.07) is 8.76. The molecule has 132 valence electrons. The Hall–Kier alpha value is -0.980. The first-order valence-electron chi connectivity index (χ1n) is 10.1. The van der Waals surface area contributed by atoms with Gasteiger partial charge in [0.25, 0.3) is 0 Å². The van der Waals surface area contributed by atoms with E-state index in [4.69, 9.17) is 4.74 Å². The van der Waals surface area contributed by atoms with Crippen molar-refractivity contribution in [3.63, 3.8) is 0 Å². The van der Waals surface area contributed by atoms with Gasteiger partial charge in [-0.3, -0.25) is 0 Å². The molecule has 0 saturated carbocycles. The second-order valence-corrected chi connectivity index (χ2v) is 6.78. The first-order valence-corrected chi connectivity index (χ1v) is 10.1. The molecule has 0 spiro atoms. The Labute approximate surface area is 144 Å². The lowest BCUT2D eigenvalue weighted by Crippen LogP contribution is -1.97. The minimum Gasteiger partial charge on any atom is -0.494 e. The van der Waals surface area contributed by atoms with E-state index >= 15 is 0 Å². The number of benzene rings is 1. The SMILES string of the molecule is CCCCCCCCOc1ccc(CCCCCCCC)cc1. The van der Waals surface area contributed by atoms with Gasteiger partial charge in [-0.1, -0.05) is 90.2 Å². The Kier molecular flexibility index (Phi) is 12.7. The number of hydrogen-bond donors (Lipinski definition) is 0. The fourth-order valence-electron chi connectivity index (χ4n) is 2.93. The summed E-state index contributed by atoms with van der Waals surface area (Å²) in [5.41, 5.74) is 1.45. The zero-order valence-electron chi connectivity index (χ0n) is 15.6. The highest BCUT2D eigenvalue weighted by atomic mass is 16.5. The third-order valence-corrected chi connectivity index (χ3v) is 4.51. The fraction of sp³-hybridized carbons (Fsp3) is 0.727. The molecule has 0 heterocycles. The monoisotopic (exact) mass is 318 g/mol. The average Bonchev–Trinajstić information content (AvgIpc) is 2.58. The molecule has 0 N–H and O–H groups in total. The van der Waals surface area contributed by atoms with Gasteiger partial charge in [-0.15, -0.1) is 0 Å². The molecule has 1 aromatic rings. The van der Waals surface area contributed by atoms with Crippen LogP contribution in [0.4, 0.5) is 0 Å². The highest BCUT2D eigenvalue weighted by molar-refractivity contribution is 5.27. The van der Waals surface area contributed by atoms with Crippen molar-refractivity contribution < 1.29 is 4.74 Å². The Morgan fingerprint density at radius 1 is 0.609 bits per heavy atom. The lowest BCUT2D eigenvalue weighted by Gasteiger charge is -2.07. The molecule has 0 radical (unpaired) electrons. The van der Waals surface area contributed by atoms with Gasteiger partial charge in [-0.05, 0) is 37.0 Å². The Morgan fingerprint density at radius 2 is 1.13 bits per heavy atom. The summed E-state index contributed by atoms with van der Waals surface area (Å²) < 4.78 is 5.84. The fourth-order valence-corrected chi connectivity index (χ4v) is 2.93. The summed E-state index contributed by atoms with van der Waals surface area (Å²) in [4.78, 5) is 0. The minimum atomic E-state index is 0.864. The van der Waals surface area contributed by atoms with Crippen LogP contribution in [0, 0.1) is 0 Å². The second kappa shape index (κ2) is 14.6. The molecular formula is C22H38O. The van der Waals surface area contributed by atoms with Crippen molar-refractivity contribution in [3.05, 3.63) is 29.8 Å². The molecule has 0 aliphatic rings. The van der Waals surface area contributed by atoms with Gasteiger partial charge in [0.15, 0.2) is 0 Å². The van der Waals surface area contributed by atoms with Gasteiger partial charge in [-0.2, -0.15) is 0 Å². The predicted molar refractivity (Wildman–Crippen MR) is 102 cm³/mol. The van der Waals surface area contributed by atoms with Crippen molar-refractivity contribution in [2.45, 2.75) is 97.3 Å². The molecule has 1 heteroatoms. The van der Waals surface area contributed by atoms with Crippen LogP contribution < -0.4 is 4.74 Å². The van der Waals surface area contributed by atoms with Crippen LogP contribution in [0.25, 0.3) is 0 Å². The summed E-state index contributed by atoms with van der Waals surface area (Å²) >= 11 is 0. The third-order valence-electron chi connectivity index (χ3n) is 4.51. The Morgan fingerprint density at radius 3 is 1.74 bits per heavy atom. The standard InChI is InChI=1S/C22H38O/c1-3-5-7-9-11-13-15-21-16-18-22(19-17-21)23-20-14-12-10-8-6-4-2/h16-19H,3-15,20H2,1-2H3. The molecule has 23 heavy (non-hydrogen) atoms. The van der Waals surface area contributed by atoms with E-state index in [-0.39, 0.29) is 0 Å². The quantitative estimate of drug-likeness (QED) is 0.308. The van der Waals surface area contributed by atoms with E-state index in [1.807, 2.05) is 0 Å². The number of ether oxygens (including phenoxy) is 1. The summed E-state index contributed by atoms with van der Waals surface area (Å²) in [6.07, 6.45) is 17.3. The van der Waals surface area contributed by atoms with E-state index in [1.165, 1.54) is 89.0 Å². The first-order chi connectivity index (χ1) is 11.4. The van der Waals surface area contributed by atoms with Crippen LogP contribution in [0.1, 0.15) is 96.5 Å². The van der Waals surface area contributed by atoms with Crippen molar-refractivity contribution in [1.29, 1.82) is 0 Å². The lowest BCUT2D eigenvalue weighted by atomic mass is 10.0. The van der Waals surface area contributed by atoms with Gasteiger partial charge >= 0.3 is 0 Å². The molecule has 0 atom stereocenters. The zero-order chi connectivity index (χ0) is 16.6. The van der Waals surface area contributed by atoms with Gasteiger partial charge < -0.3 is 4.74 Å². The second-order valence-electron chi connectivity index (χ2n) is 6.78. The molecule has 0 aromatic heterocycles. The van der Waals surface area contributed by atoms with E-state index in [1.54, 1.807) is 0 Å². The third kappa shape index (κ3) is 11.2. The maximum atomic E-state index is 5.84. The molecule has 0 amide bonds.